The molecule has 5 heteroatoms. The number of hydrogen-bond donors (Lipinski definition) is 1. The molecule has 0 radical (unpaired) electrons. The molecule has 2 heterocycles. The summed E-state index contributed by atoms with van der Waals surface area (Å²) in [5.74, 6) is 0.0783. The predicted molar refractivity (Wildman–Crippen MR) is 61.2 cm³/mol. The molecular weight excluding hydrogens is 204 g/mol. The second kappa shape index (κ2) is 4.25. The predicted octanol–water partition coefficient (Wildman–Crippen LogP) is 0.242. The average Bonchev–Trinajstić information content (AvgIpc) is 2.64. The van der Waals surface area contributed by atoms with Crippen LogP contribution in [0.4, 0.5) is 0 Å². The average molecular weight is 222 g/mol. The fourth-order valence-electron chi connectivity index (χ4n) is 2.21. The third-order valence-electron chi connectivity index (χ3n) is 3.02. The summed E-state index contributed by atoms with van der Waals surface area (Å²) in [5.41, 5.74) is 0.670. The zero-order valence-corrected chi connectivity index (χ0v) is 9.97. The van der Waals surface area contributed by atoms with Crippen LogP contribution in [0.25, 0.3) is 0 Å². The zero-order chi connectivity index (χ0) is 11.7. The molecule has 2 rings (SSSR count). The van der Waals surface area contributed by atoms with Crippen LogP contribution in [0.2, 0.25) is 0 Å². The fraction of sp³-hybridized carbons (Fsp3) is 0.636. The first-order valence-electron chi connectivity index (χ1n) is 5.61. The molecule has 0 spiro atoms. The molecule has 1 N–H and O–H groups in total. The molecule has 0 aromatic carbocycles. The minimum atomic E-state index is 0.0783. The van der Waals surface area contributed by atoms with Crippen LogP contribution in [0.1, 0.15) is 24.2 Å². The minimum Gasteiger partial charge on any atom is -0.331 e. The Bertz CT molecular complexity index is 377. The van der Waals surface area contributed by atoms with E-state index in [9.17, 15) is 4.79 Å². The quantitative estimate of drug-likeness (QED) is 0.740. The Morgan fingerprint density at radius 3 is 2.56 bits per heavy atom. The highest BCUT2D eigenvalue weighted by Gasteiger charge is 2.29. The van der Waals surface area contributed by atoms with Gasteiger partial charge in [0.25, 0.3) is 5.91 Å². The lowest BCUT2D eigenvalue weighted by atomic mass is 10.1. The van der Waals surface area contributed by atoms with Gasteiger partial charge in [-0.25, -0.2) is 0 Å². The van der Waals surface area contributed by atoms with E-state index in [4.69, 9.17) is 0 Å². The van der Waals surface area contributed by atoms with E-state index >= 15 is 0 Å². The molecule has 5 nitrogen and oxygen atoms in total. The number of piperazine rings is 1. The monoisotopic (exact) mass is 222 g/mol. The van der Waals surface area contributed by atoms with E-state index in [0.29, 0.717) is 5.56 Å². The van der Waals surface area contributed by atoms with Crippen molar-refractivity contribution < 1.29 is 4.79 Å². The van der Waals surface area contributed by atoms with E-state index in [0.717, 1.165) is 13.1 Å². The molecule has 0 bridgehead atoms. The summed E-state index contributed by atoms with van der Waals surface area (Å²) in [4.78, 5) is 14.2. The number of aryl methyl sites for hydroxylation is 1. The molecule has 1 aromatic rings. The van der Waals surface area contributed by atoms with Crippen molar-refractivity contribution in [1.82, 2.24) is 20.0 Å². The third-order valence-corrected chi connectivity index (χ3v) is 3.02. The Morgan fingerprint density at radius 2 is 2.06 bits per heavy atom. The van der Waals surface area contributed by atoms with Gasteiger partial charge in [0.1, 0.15) is 0 Å². The van der Waals surface area contributed by atoms with Crippen LogP contribution in [0, 0.1) is 0 Å². The topological polar surface area (TPSA) is 50.2 Å². The SMILES string of the molecule is CC1CNCC(C)N1C(=O)c1cnn(C)c1. The van der Waals surface area contributed by atoms with Crippen LogP contribution in [-0.2, 0) is 7.05 Å². The van der Waals surface area contributed by atoms with Gasteiger partial charge in [-0.3, -0.25) is 9.48 Å². The molecule has 16 heavy (non-hydrogen) atoms. The van der Waals surface area contributed by atoms with Gasteiger partial charge in [-0.15, -0.1) is 0 Å². The Kier molecular flexibility index (Phi) is 2.96. The van der Waals surface area contributed by atoms with Gasteiger partial charge in [0.05, 0.1) is 11.8 Å². The zero-order valence-electron chi connectivity index (χ0n) is 9.97. The molecule has 2 atom stereocenters. The van der Waals surface area contributed by atoms with E-state index in [-0.39, 0.29) is 18.0 Å². The molecule has 2 unspecified atom stereocenters. The largest absolute Gasteiger partial charge is 0.331 e. The first kappa shape index (κ1) is 11.1. The number of nitrogens with zero attached hydrogens (tertiary/aromatic N) is 3. The Morgan fingerprint density at radius 1 is 1.44 bits per heavy atom. The molecular formula is C11H18N4O. The number of carbonyl (C=O) groups excluding carboxylic acids is 1. The van der Waals surface area contributed by atoms with Gasteiger partial charge in [0.2, 0.25) is 0 Å². The summed E-state index contributed by atoms with van der Waals surface area (Å²) in [6.45, 7) is 5.85. The van der Waals surface area contributed by atoms with Gasteiger partial charge < -0.3 is 10.2 Å². The summed E-state index contributed by atoms with van der Waals surface area (Å²) in [6, 6.07) is 0.466. The van der Waals surface area contributed by atoms with E-state index in [1.807, 2.05) is 11.9 Å². The number of carbonyl (C=O) groups is 1. The molecule has 1 fully saturated rings. The maximum Gasteiger partial charge on any atom is 0.257 e. The number of aromatic nitrogens is 2. The highest BCUT2D eigenvalue weighted by Crippen LogP contribution is 2.14. The Labute approximate surface area is 95.4 Å². The molecule has 1 aliphatic rings. The molecule has 88 valence electrons. The summed E-state index contributed by atoms with van der Waals surface area (Å²) >= 11 is 0. The lowest BCUT2D eigenvalue weighted by Gasteiger charge is -2.39. The lowest BCUT2D eigenvalue weighted by Crippen LogP contribution is -2.57. The standard InChI is InChI=1S/C11H18N4O/c1-8-4-12-5-9(2)15(8)11(16)10-6-13-14(3)7-10/h6-9,12H,4-5H2,1-3H3. The molecule has 1 aliphatic heterocycles. The first-order chi connectivity index (χ1) is 7.59. The van der Waals surface area contributed by atoms with Crippen LogP contribution in [0.5, 0.6) is 0 Å². The van der Waals surface area contributed by atoms with Gasteiger partial charge in [0.15, 0.2) is 0 Å². The van der Waals surface area contributed by atoms with E-state index in [1.165, 1.54) is 0 Å². The summed E-state index contributed by atoms with van der Waals surface area (Å²) < 4.78 is 1.66. The second-order valence-corrected chi connectivity index (χ2v) is 4.47. The van der Waals surface area contributed by atoms with Crippen LogP contribution < -0.4 is 5.32 Å². The van der Waals surface area contributed by atoms with Crippen molar-refractivity contribution in [2.45, 2.75) is 25.9 Å². The minimum absolute atomic E-state index is 0.0783. The summed E-state index contributed by atoms with van der Waals surface area (Å²) in [7, 11) is 1.82. The number of amides is 1. The molecule has 1 amide bonds. The van der Waals surface area contributed by atoms with Crippen LogP contribution in [-0.4, -0.2) is 45.8 Å². The normalized spacial score (nSPS) is 25.8. The van der Waals surface area contributed by atoms with Crippen molar-refractivity contribution in [2.75, 3.05) is 13.1 Å². The van der Waals surface area contributed by atoms with E-state index < -0.39 is 0 Å². The fourth-order valence-corrected chi connectivity index (χ4v) is 2.21. The van der Waals surface area contributed by atoms with E-state index in [2.05, 4.69) is 24.3 Å². The number of hydrogen-bond acceptors (Lipinski definition) is 3. The molecule has 0 aliphatic carbocycles. The van der Waals surface area contributed by atoms with Crippen molar-refractivity contribution in [3.63, 3.8) is 0 Å². The summed E-state index contributed by atoms with van der Waals surface area (Å²) in [5, 5.41) is 7.35. The molecule has 0 saturated carbocycles. The Balaban J connectivity index is 2.19. The van der Waals surface area contributed by atoms with Gasteiger partial charge >= 0.3 is 0 Å². The van der Waals surface area contributed by atoms with Gasteiger partial charge in [-0.2, -0.15) is 5.10 Å². The maximum absolute atomic E-state index is 12.3. The number of rotatable bonds is 1. The third kappa shape index (κ3) is 1.95. The van der Waals surface area contributed by atoms with Gasteiger partial charge in [-0.1, -0.05) is 0 Å². The molecule has 1 saturated heterocycles. The highest BCUT2D eigenvalue weighted by molar-refractivity contribution is 5.94. The summed E-state index contributed by atoms with van der Waals surface area (Å²) in [6.07, 6.45) is 3.40. The van der Waals surface area contributed by atoms with Crippen molar-refractivity contribution in [3.05, 3.63) is 18.0 Å². The van der Waals surface area contributed by atoms with Crippen molar-refractivity contribution in [3.8, 4) is 0 Å². The first-order valence-corrected chi connectivity index (χ1v) is 5.61. The van der Waals surface area contributed by atoms with Crippen molar-refractivity contribution in [2.24, 2.45) is 7.05 Å². The maximum atomic E-state index is 12.3. The molecule has 1 aromatic heterocycles. The second-order valence-electron chi connectivity index (χ2n) is 4.47. The smallest absolute Gasteiger partial charge is 0.257 e. The van der Waals surface area contributed by atoms with Gasteiger partial charge in [-0.05, 0) is 13.8 Å². The van der Waals surface area contributed by atoms with Crippen LogP contribution in [0.15, 0.2) is 12.4 Å². The van der Waals surface area contributed by atoms with Gasteiger partial charge in [0, 0.05) is 38.4 Å². The van der Waals surface area contributed by atoms with Crippen LogP contribution >= 0.6 is 0 Å². The van der Waals surface area contributed by atoms with E-state index in [1.54, 1.807) is 17.1 Å². The lowest BCUT2D eigenvalue weighted by molar-refractivity contribution is 0.0544. The van der Waals surface area contributed by atoms with Crippen molar-refractivity contribution in [1.29, 1.82) is 0 Å². The number of nitrogens with one attached hydrogen (secondary N) is 1. The van der Waals surface area contributed by atoms with Crippen molar-refractivity contribution >= 4 is 5.91 Å². The highest BCUT2D eigenvalue weighted by atomic mass is 16.2. The Hall–Kier alpha value is -1.36. The van der Waals surface area contributed by atoms with Crippen LogP contribution in [0.3, 0.4) is 0 Å².